The Morgan fingerprint density at radius 1 is 1.20 bits per heavy atom. The number of aryl methyl sites for hydroxylation is 1. The van der Waals surface area contributed by atoms with Gasteiger partial charge in [0.1, 0.15) is 0 Å². The lowest BCUT2D eigenvalue weighted by Gasteiger charge is -2.34. The number of fused-ring (bicyclic) bond motifs is 1. The van der Waals surface area contributed by atoms with Crippen LogP contribution >= 0.6 is 0 Å². The molecular weight excluding hydrogens is 328 g/mol. The molecule has 5 rings (SSSR count). The van der Waals surface area contributed by atoms with E-state index in [-0.39, 0.29) is 24.7 Å². The van der Waals surface area contributed by atoms with Crippen molar-refractivity contribution >= 4 is 0 Å². The third-order valence-corrected chi connectivity index (χ3v) is 5.94. The Morgan fingerprint density at radius 2 is 2.04 bits per heavy atom. The molecule has 2 aromatic heterocycles. The predicted octanol–water partition coefficient (Wildman–Crippen LogP) is 3.25. The molecule has 0 N–H and O–H groups in total. The maximum Gasteiger partial charge on any atom is 0.248 e. The van der Waals surface area contributed by atoms with E-state index >= 15 is 0 Å². The second-order valence-electron chi connectivity index (χ2n) is 7.84. The van der Waals surface area contributed by atoms with E-state index in [9.17, 15) is 8.78 Å². The Morgan fingerprint density at radius 3 is 2.76 bits per heavy atom. The smallest absolute Gasteiger partial charge is 0.248 e. The molecule has 3 aliphatic carbocycles. The summed E-state index contributed by atoms with van der Waals surface area (Å²) >= 11 is 0. The average Bonchev–Trinajstić information content (AvgIpc) is 3.11. The van der Waals surface area contributed by atoms with Crippen LogP contribution in [-0.4, -0.2) is 31.1 Å². The van der Waals surface area contributed by atoms with Gasteiger partial charge in [0.15, 0.2) is 5.82 Å². The largest absolute Gasteiger partial charge is 0.339 e. The summed E-state index contributed by atoms with van der Waals surface area (Å²) in [5.74, 6) is -1.15. The Labute approximate surface area is 144 Å². The van der Waals surface area contributed by atoms with E-state index in [2.05, 4.69) is 25.1 Å². The van der Waals surface area contributed by atoms with E-state index in [0.717, 1.165) is 25.0 Å². The highest BCUT2D eigenvalue weighted by Gasteiger charge is 2.45. The van der Waals surface area contributed by atoms with Crippen molar-refractivity contribution < 1.29 is 13.3 Å². The van der Waals surface area contributed by atoms with Crippen LogP contribution in [0.1, 0.15) is 73.6 Å². The molecule has 0 aliphatic heterocycles. The summed E-state index contributed by atoms with van der Waals surface area (Å²) in [4.78, 5) is 4.50. The van der Waals surface area contributed by atoms with Crippen LogP contribution in [0.2, 0.25) is 0 Å². The standard InChI is InChI=1S/C17H21F2N5O/c18-17(19)8-10(9-17)6-15-20-16(25-22-15)11-4-5-13-14(7-11)24(23-21-13)12-2-1-3-12/h10-12H,1-9H2. The minimum Gasteiger partial charge on any atom is -0.339 e. The van der Waals surface area contributed by atoms with Crippen LogP contribution in [0.15, 0.2) is 4.52 Å². The number of halogens is 2. The second-order valence-corrected chi connectivity index (χ2v) is 7.84. The van der Waals surface area contributed by atoms with Gasteiger partial charge in [0.2, 0.25) is 11.8 Å². The molecule has 6 nitrogen and oxygen atoms in total. The van der Waals surface area contributed by atoms with Gasteiger partial charge in [-0.15, -0.1) is 5.10 Å². The van der Waals surface area contributed by atoms with Crippen LogP contribution in [0.4, 0.5) is 8.78 Å². The lowest BCUT2D eigenvalue weighted by Crippen LogP contribution is -2.36. The van der Waals surface area contributed by atoms with Gasteiger partial charge in [-0.2, -0.15) is 4.98 Å². The van der Waals surface area contributed by atoms with Crippen molar-refractivity contribution in [2.24, 2.45) is 5.92 Å². The molecule has 134 valence electrons. The van der Waals surface area contributed by atoms with E-state index in [1.165, 1.54) is 25.0 Å². The number of hydrogen-bond donors (Lipinski definition) is 0. The molecule has 2 saturated carbocycles. The summed E-state index contributed by atoms with van der Waals surface area (Å²) < 4.78 is 33.5. The second kappa shape index (κ2) is 5.57. The van der Waals surface area contributed by atoms with E-state index in [1.54, 1.807) is 0 Å². The van der Waals surface area contributed by atoms with Crippen molar-refractivity contribution in [3.63, 3.8) is 0 Å². The number of hydrogen-bond acceptors (Lipinski definition) is 5. The highest BCUT2D eigenvalue weighted by Crippen LogP contribution is 2.43. The molecule has 1 atom stereocenters. The maximum atomic E-state index is 13.0. The molecule has 2 aromatic rings. The molecule has 0 bridgehead atoms. The van der Waals surface area contributed by atoms with Crippen LogP contribution in [-0.2, 0) is 19.3 Å². The molecule has 8 heteroatoms. The summed E-state index contributed by atoms with van der Waals surface area (Å²) in [5, 5.41) is 12.7. The Bertz CT molecular complexity index is 774. The monoisotopic (exact) mass is 349 g/mol. The van der Waals surface area contributed by atoms with Gasteiger partial charge in [0, 0.05) is 31.6 Å². The van der Waals surface area contributed by atoms with Crippen LogP contribution in [0, 0.1) is 5.92 Å². The van der Waals surface area contributed by atoms with Gasteiger partial charge in [0.25, 0.3) is 0 Å². The zero-order chi connectivity index (χ0) is 17.0. The lowest BCUT2D eigenvalue weighted by molar-refractivity contribution is -0.110. The van der Waals surface area contributed by atoms with Gasteiger partial charge in [0.05, 0.1) is 17.4 Å². The van der Waals surface area contributed by atoms with Crippen molar-refractivity contribution in [1.82, 2.24) is 25.1 Å². The fourth-order valence-corrected chi connectivity index (χ4v) is 4.24. The third-order valence-electron chi connectivity index (χ3n) is 5.94. The molecule has 0 saturated heterocycles. The van der Waals surface area contributed by atoms with Crippen molar-refractivity contribution in [1.29, 1.82) is 0 Å². The molecular formula is C17H21F2N5O. The summed E-state index contributed by atoms with van der Waals surface area (Å²) in [6.45, 7) is 0. The molecule has 0 aromatic carbocycles. The van der Waals surface area contributed by atoms with Crippen molar-refractivity contribution in [2.45, 2.75) is 75.7 Å². The van der Waals surface area contributed by atoms with Crippen LogP contribution in [0.3, 0.4) is 0 Å². The van der Waals surface area contributed by atoms with Gasteiger partial charge in [-0.25, -0.2) is 13.5 Å². The normalized spacial score (nSPS) is 26.1. The van der Waals surface area contributed by atoms with Gasteiger partial charge in [-0.3, -0.25) is 0 Å². The van der Waals surface area contributed by atoms with Crippen LogP contribution in [0.5, 0.6) is 0 Å². The van der Waals surface area contributed by atoms with E-state index in [4.69, 9.17) is 4.52 Å². The predicted molar refractivity (Wildman–Crippen MR) is 83.3 cm³/mol. The third kappa shape index (κ3) is 2.75. The zero-order valence-corrected chi connectivity index (χ0v) is 14.0. The maximum absolute atomic E-state index is 13.0. The highest BCUT2D eigenvalue weighted by molar-refractivity contribution is 5.19. The van der Waals surface area contributed by atoms with Gasteiger partial charge in [-0.1, -0.05) is 10.4 Å². The lowest BCUT2D eigenvalue weighted by atomic mass is 9.79. The Kier molecular flexibility index (Phi) is 3.43. The number of alkyl halides is 2. The molecule has 0 radical (unpaired) electrons. The van der Waals surface area contributed by atoms with Crippen molar-refractivity contribution in [2.75, 3.05) is 0 Å². The molecule has 2 fully saturated rings. The number of aromatic nitrogens is 5. The number of rotatable bonds is 4. The fourth-order valence-electron chi connectivity index (χ4n) is 4.24. The number of nitrogens with zero attached hydrogens (tertiary/aromatic N) is 5. The molecule has 25 heavy (non-hydrogen) atoms. The van der Waals surface area contributed by atoms with Crippen LogP contribution < -0.4 is 0 Å². The SMILES string of the molecule is FC1(F)CC(Cc2noc(C3CCc4nnn(C5CCC5)c4C3)n2)C1. The minimum atomic E-state index is -2.50. The minimum absolute atomic E-state index is 0.0253. The zero-order valence-electron chi connectivity index (χ0n) is 14.0. The summed E-state index contributed by atoms with van der Waals surface area (Å²) in [6, 6.07) is 0.494. The molecule has 2 heterocycles. The van der Waals surface area contributed by atoms with Gasteiger partial charge >= 0.3 is 0 Å². The first kappa shape index (κ1) is 15.4. The average molecular weight is 349 g/mol. The van der Waals surface area contributed by atoms with E-state index < -0.39 is 5.92 Å². The van der Waals surface area contributed by atoms with E-state index in [1.807, 2.05) is 0 Å². The first-order chi connectivity index (χ1) is 12.1. The fraction of sp³-hybridized carbons (Fsp3) is 0.765. The first-order valence-corrected chi connectivity index (χ1v) is 9.21. The van der Waals surface area contributed by atoms with E-state index in [0.29, 0.717) is 24.2 Å². The molecule has 0 amide bonds. The van der Waals surface area contributed by atoms with Crippen molar-refractivity contribution in [3.05, 3.63) is 23.1 Å². The summed E-state index contributed by atoms with van der Waals surface area (Å²) in [7, 11) is 0. The van der Waals surface area contributed by atoms with Crippen molar-refractivity contribution in [3.8, 4) is 0 Å². The summed E-state index contributed by atoms with van der Waals surface area (Å²) in [6.07, 6.45) is 6.59. The van der Waals surface area contributed by atoms with Gasteiger partial charge < -0.3 is 4.52 Å². The quantitative estimate of drug-likeness (QED) is 0.847. The van der Waals surface area contributed by atoms with Gasteiger partial charge in [-0.05, 0) is 38.0 Å². The topological polar surface area (TPSA) is 69.6 Å². The molecule has 1 unspecified atom stereocenters. The summed E-state index contributed by atoms with van der Waals surface area (Å²) in [5.41, 5.74) is 2.30. The molecule has 0 spiro atoms. The Balaban J connectivity index is 1.28. The first-order valence-electron chi connectivity index (χ1n) is 9.21. The Hall–Kier alpha value is -1.86. The molecule has 3 aliphatic rings. The highest BCUT2D eigenvalue weighted by atomic mass is 19.3. The van der Waals surface area contributed by atoms with Crippen LogP contribution in [0.25, 0.3) is 0 Å².